The van der Waals surface area contributed by atoms with E-state index in [9.17, 15) is 9.90 Å². The number of carboxylic acid groups (broad SMARTS) is 1. The first-order chi connectivity index (χ1) is 8.63. The molecule has 0 aliphatic carbocycles. The second-order valence-corrected chi connectivity index (χ2v) is 4.79. The van der Waals surface area contributed by atoms with Crippen molar-refractivity contribution in [3.05, 3.63) is 34.9 Å². The minimum Gasteiger partial charge on any atom is -0.481 e. The summed E-state index contributed by atoms with van der Waals surface area (Å²) in [5, 5.41) is 9.85. The standard InChI is InChI=1S/C14H19ClO3/c1-18-8-3-2-6-12(14(16)17)9-11-5-4-7-13(15)10-11/h4-5,7,10,12H,2-3,6,8-9H2,1H3,(H,16,17). The first-order valence-electron chi connectivity index (χ1n) is 6.09. The quantitative estimate of drug-likeness (QED) is 0.737. The summed E-state index contributed by atoms with van der Waals surface area (Å²) >= 11 is 5.89. The first-order valence-corrected chi connectivity index (χ1v) is 6.47. The van der Waals surface area contributed by atoms with Crippen molar-refractivity contribution in [1.82, 2.24) is 0 Å². The molecule has 1 unspecified atom stereocenters. The lowest BCUT2D eigenvalue weighted by Crippen LogP contribution is -2.16. The van der Waals surface area contributed by atoms with Crippen LogP contribution < -0.4 is 0 Å². The average molecular weight is 271 g/mol. The molecule has 0 aromatic heterocycles. The molecule has 1 aromatic rings. The summed E-state index contributed by atoms with van der Waals surface area (Å²) in [6.45, 7) is 0.684. The molecule has 0 spiro atoms. The molecule has 1 aromatic carbocycles. The number of rotatable bonds is 8. The number of carboxylic acids is 1. The fourth-order valence-corrected chi connectivity index (χ4v) is 2.11. The van der Waals surface area contributed by atoms with Gasteiger partial charge in [-0.3, -0.25) is 4.79 Å². The fraction of sp³-hybridized carbons (Fsp3) is 0.500. The van der Waals surface area contributed by atoms with Crippen molar-refractivity contribution < 1.29 is 14.6 Å². The molecular weight excluding hydrogens is 252 g/mol. The van der Waals surface area contributed by atoms with Crippen LogP contribution in [-0.4, -0.2) is 24.8 Å². The highest BCUT2D eigenvalue weighted by Gasteiger charge is 2.17. The van der Waals surface area contributed by atoms with Crippen LogP contribution in [0.5, 0.6) is 0 Å². The Bertz CT molecular complexity index is 379. The molecule has 100 valence electrons. The van der Waals surface area contributed by atoms with Crippen LogP contribution in [0.2, 0.25) is 5.02 Å². The zero-order chi connectivity index (χ0) is 13.4. The molecule has 4 heteroatoms. The topological polar surface area (TPSA) is 46.5 Å². The van der Waals surface area contributed by atoms with Gasteiger partial charge in [-0.05, 0) is 37.0 Å². The van der Waals surface area contributed by atoms with Crippen LogP contribution in [0.25, 0.3) is 0 Å². The zero-order valence-corrected chi connectivity index (χ0v) is 11.3. The van der Waals surface area contributed by atoms with Crippen LogP contribution in [0.15, 0.2) is 24.3 Å². The van der Waals surface area contributed by atoms with E-state index in [2.05, 4.69) is 0 Å². The fourth-order valence-electron chi connectivity index (χ4n) is 1.90. The van der Waals surface area contributed by atoms with Crippen molar-refractivity contribution in [2.24, 2.45) is 5.92 Å². The summed E-state index contributed by atoms with van der Waals surface area (Å²) in [6.07, 6.45) is 2.97. The van der Waals surface area contributed by atoms with Crippen molar-refractivity contribution in [3.8, 4) is 0 Å². The maximum absolute atomic E-state index is 11.2. The highest BCUT2D eigenvalue weighted by atomic mass is 35.5. The minimum absolute atomic E-state index is 0.347. The number of methoxy groups -OCH3 is 1. The Morgan fingerprint density at radius 1 is 1.44 bits per heavy atom. The summed E-state index contributed by atoms with van der Waals surface area (Å²) in [4.78, 5) is 11.2. The van der Waals surface area contributed by atoms with Gasteiger partial charge in [0.15, 0.2) is 0 Å². The van der Waals surface area contributed by atoms with Crippen molar-refractivity contribution >= 4 is 17.6 Å². The molecule has 0 radical (unpaired) electrons. The van der Waals surface area contributed by atoms with Crippen molar-refractivity contribution in [2.45, 2.75) is 25.7 Å². The third kappa shape index (κ3) is 5.52. The van der Waals surface area contributed by atoms with Crippen molar-refractivity contribution in [3.63, 3.8) is 0 Å². The largest absolute Gasteiger partial charge is 0.481 e. The number of hydrogen-bond donors (Lipinski definition) is 1. The number of unbranched alkanes of at least 4 members (excludes halogenated alkanes) is 1. The molecule has 18 heavy (non-hydrogen) atoms. The molecule has 0 bridgehead atoms. The SMILES string of the molecule is COCCCCC(Cc1cccc(Cl)c1)C(=O)O. The highest BCUT2D eigenvalue weighted by molar-refractivity contribution is 6.30. The van der Waals surface area contributed by atoms with Gasteiger partial charge in [0.05, 0.1) is 5.92 Å². The van der Waals surface area contributed by atoms with Gasteiger partial charge in [-0.2, -0.15) is 0 Å². The summed E-state index contributed by atoms with van der Waals surface area (Å²) in [6, 6.07) is 7.38. The van der Waals surface area contributed by atoms with E-state index in [-0.39, 0.29) is 5.92 Å². The van der Waals surface area contributed by atoms with Crippen LogP contribution in [0.4, 0.5) is 0 Å². The maximum atomic E-state index is 11.2. The molecule has 0 saturated carbocycles. The van der Waals surface area contributed by atoms with E-state index < -0.39 is 5.97 Å². The number of ether oxygens (including phenoxy) is 1. The van der Waals surface area contributed by atoms with Gasteiger partial charge < -0.3 is 9.84 Å². The van der Waals surface area contributed by atoms with Gasteiger partial charge in [0.2, 0.25) is 0 Å². The molecule has 0 saturated heterocycles. The lowest BCUT2D eigenvalue weighted by atomic mass is 9.94. The van der Waals surface area contributed by atoms with E-state index in [0.717, 1.165) is 18.4 Å². The van der Waals surface area contributed by atoms with Gasteiger partial charge in [-0.1, -0.05) is 30.2 Å². The molecule has 3 nitrogen and oxygen atoms in total. The van der Waals surface area contributed by atoms with E-state index >= 15 is 0 Å². The van der Waals surface area contributed by atoms with Gasteiger partial charge in [0.1, 0.15) is 0 Å². The molecule has 0 amide bonds. The Hall–Kier alpha value is -1.06. The normalized spacial score (nSPS) is 12.3. The predicted molar refractivity (Wildman–Crippen MR) is 72.0 cm³/mol. The van der Waals surface area contributed by atoms with Gasteiger partial charge in [0, 0.05) is 18.7 Å². The van der Waals surface area contributed by atoms with Crippen molar-refractivity contribution in [2.75, 3.05) is 13.7 Å². The van der Waals surface area contributed by atoms with Gasteiger partial charge >= 0.3 is 5.97 Å². The number of carbonyl (C=O) groups is 1. The van der Waals surface area contributed by atoms with Gasteiger partial charge in [0.25, 0.3) is 0 Å². The van der Waals surface area contributed by atoms with Crippen LogP contribution >= 0.6 is 11.6 Å². The summed E-state index contributed by atoms with van der Waals surface area (Å²) < 4.78 is 4.95. The Balaban J connectivity index is 2.50. The second kappa shape index (κ2) is 8.11. The molecule has 1 rings (SSSR count). The smallest absolute Gasteiger partial charge is 0.306 e. The minimum atomic E-state index is -0.743. The summed E-state index contributed by atoms with van der Waals surface area (Å²) in [7, 11) is 1.65. The Morgan fingerprint density at radius 3 is 2.83 bits per heavy atom. The molecule has 1 N–H and O–H groups in total. The van der Waals surface area contributed by atoms with E-state index in [0.29, 0.717) is 24.5 Å². The van der Waals surface area contributed by atoms with E-state index in [1.807, 2.05) is 18.2 Å². The molecular formula is C14H19ClO3. The number of benzene rings is 1. The maximum Gasteiger partial charge on any atom is 0.306 e. The first kappa shape index (κ1) is 15.0. The van der Waals surface area contributed by atoms with E-state index in [4.69, 9.17) is 16.3 Å². The molecule has 0 aliphatic rings. The van der Waals surface area contributed by atoms with Gasteiger partial charge in [-0.15, -0.1) is 0 Å². The lowest BCUT2D eigenvalue weighted by Gasteiger charge is -2.12. The summed E-state index contributed by atoms with van der Waals surface area (Å²) in [5.41, 5.74) is 0.974. The summed E-state index contributed by atoms with van der Waals surface area (Å²) in [5.74, 6) is -1.09. The number of halogens is 1. The Kier molecular flexibility index (Phi) is 6.76. The highest BCUT2D eigenvalue weighted by Crippen LogP contribution is 2.18. The monoisotopic (exact) mass is 270 g/mol. The van der Waals surface area contributed by atoms with Gasteiger partial charge in [-0.25, -0.2) is 0 Å². The number of hydrogen-bond acceptors (Lipinski definition) is 2. The Morgan fingerprint density at radius 2 is 2.22 bits per heavy atom. The third-order valence-corrected chi connectivity index (χ3v) is 3.11. The van der Waals surface area contributed by atoms with Crippen LogP contribution in [0.3, 0.4) is 0 Å². The molecule has 0 heterocycles. The van der Waals surface area contributed by atoms with Crippen LogP contribution in [-0.2, 0) is 16.0 Å². The zero-order valence-electron chi connectivity index (χ0n) is 10.6. The second-order valence-electron chi connectivity index (χ2n) is 4.36. The molecule has 1 atom stereocenters. The van der Waals surface area contributed by atoms with Crippen LogP contribution in [0, 0.1) is 5.92 Å². The van der Waals surface area contributed by atoms with Crippen LogP contribution in [0.1, 0.15) is 24.8 Å². The number of aliphatic carboxylic acids is 1. The average Bonchev–Trinajstić information content (AvgIpc) is 2.33. The molecule has 0 aliphatic heterocycles. The van der Waals surface area contributed by atoms with E-state index in [1.54, 1.807) is 13.2 Å². The Labute approximate surface area is 113 Å². The predicted octanol–water partition coefficient (Wildman–Crippen LogP) is 3.40. The van der Waals surface area contributed by atoms with E-state index in [1.165, 1.54) is 0 Å². The molecule has 0 fully saturated rings. The third-order valence-electron chi connectivity index (χ3n) is 2.87. The van der Waals surface area contributed by atoms with Crippen molar-refractivity contribution in [1.29, 1.82) is 0 Å². The lowest BCUT2D eigenvalue weighted by molar-refractivity contribution is -0.142.